The molecule has 0 atom stereocenters. The highest BCUT2D eigenvalue weighted by molar-refractivity contribution is 5.87. The Bertz CT molecular complexity index is 425. The van der Waals surface area contributed by atoms with Crippen LogP contribution < -0.4 is 0 Å². The summed E-state index contributed by atoms with van der Waals surface area (Å²) in [5.41, 5.74) is 0.283. The van der Waals surface area contributed by atoms with E-state index in [1.807, 2.05) is 18.7 Å². The zero-order valence-corrected chi connectivity index (χ0v) is 15.5. The van der Waals surface area contributed by atoms with E-state index in [1.165, 1.54) is 0 Å². The van der Waals surface area contributed by atoms with Crippen molar-refractivity contribution in [3.8, 4) is 0 Å². The zero-order chi connectivity index (χ0) is 17.2. The molecule has 4 rings (SSSR count). The molecule has 4 fully saturated rings. The molecule has 0 aromatic heterocycles. The van der Waals surface area contributed by atoms with E-state index in [0.29, 0.717) is 11.3 Å². The van der Waals surface area contributed by atoms with Crippen LogP contribution in [0.2, 0.25) is 0 Å². The number of hydrogen-bond donors (Lipinski definition) is 0. The molecular weight excluding hydrogens is 306 g/mol. The summed E-state index contributed by atoms with van der Waals surface area (Å²) in [6.45, 7) is 8.18. The van der Waals surface area contributed by atoms with Gasteiger partial charge in [0.25, 0.3) is 0 Å². The Morgan fingerprint density at radius 2 is 1.79 bits per heavy atom. The van der Waals surface area contributed by atoms with Crippen LogP contribution in [0.4, 0.5) is 0 Å². The summed E-state index contributed by atoms with van der Waals surface area (Å²) in [5, 5.41) is 0. The Kier molecular flexibility index (Phi) is 5.52. The topological polar surface area (TPSA) is 48.0 Å². The van der Waals surface area contributed by atoms with Crippen molar-refractivity contribution in [1.29, 1.82) is 0 Å². The minimum Gasteiger partial charge on any atom is -0.385 e. The maximum absolute atomic E-state index is 12.6. The van der Waals surface area contributed by atoms with E-state index < -0.39 is 0 Å². The molecule has 5 heteroatoms. The van der Waals surface area contributed by atoms with Gasteiger partial charge in [0.15, 0.2) is 0 Å². The normalized spacial score (nSPS) is 31.6. The van der Waals surface area contributed by atoms with Crippen LogP contribution in [0.3, 0.4) is 0 Å². The van der Waals surface area contributed by atoms with Crippen molar-refractivity contribution in [3.63, 3.8) is 0 Å². The average molecular weight is 339 g/mol. The number of carbonyl (C=O) groups excluding carboxylic acids is 1. The predicted octanol–water partition coefficient (Wildman–Crippen LogP) is 2.63. The minimum atomic E-state index is -0.0371. The fraction of sp³-hybridized carbons (Fsp3) is 0.947. The lowest BCUT2D eigenvalue weighted by molar-refractivity contribution is -0.240. The van der Waals surface area contributed by atoms with Gasteiger partial charge < -0.3 is 19.1 Å². The number of methoxy groups -OCH3 is 1. The fourth-order valence-electron chi connectivity index (χ4n) is 4.70. The number of amides is 1. The molecular formula is C19H33NO4. The fourth-order valence-corrected chi connectivity index (χ4v) is 4.70. The second-order valence-electron chi connectivity index (χ2n) is 8.43. The van der Waals surface area contributed by atoms with Gasteiger partial charge in [-0.3, -0.25) is 4.79 Å². The number of hydrogen-bond acceptors (Lipinski definition) is 4. The van der Waals surface area contributed by atoms with E-state index in [-0.39, 0.29) is 17.6 Å². The van der Waals surface area contributed by atoms with E-state index in [4.69, 9.17) is 14.2 Å². The molecule has 1 aliphatic heterocycles. The lowest BCUT2D eigenvalue weighted by Crippen LogP contribution is -2.72. The van der Waals surface area contributed by atoms with Gasteiger partial charge in [-0.2, -0.15) is 0 Å². The third-order valence-corrected chi connectivity index (χ3v) is 5.74. The molecule has 5 nitrogen and oxygen atoms in total. The van der Waals surface area contributed by atoms with Crippen LogP contribution in [0.15, 0.2) is 0 Å². The van der Waals surface area contributed by atoms with E-state index in [9.17, 15) is 4.79 Å². The maximum atomic E-state index is 12.6. The van der Waals surface area contributed by atoms with Crippen LogP contribution in [0.1, 0.15) is 52.4 Å². The standard InChI is InChI=1S/C19H33NO4/c1-15(2)24-16-9-20(10-16)17(21)19-11-18(12-19,13-19)14-23-8-6-4-5-7-22-3/h15-16H,4-14H2,1-3H3. The Labute approximate surface area is 146 Å². The second-order valence-corrected chi connectivity index (χ2v) is 8.43. The third kappa shape index (κ3) is 3.63. The monoisotopic (exact) mass is 339 g/mol. The molecule has 138 valence electrons. The van der Waals surface area contributed by atoms with Crippen LogP contribution in [0.5, 0.6) is 0 Å². The first-order valence-electron chi connectivity index (χ1n) is 9.50. The van der Waals surface area contributed by atoms with Crippen LogP contribution in [0, 0.1) is 10.8 Å². The molecule has 1 amide bonds. The zero-order valence-electron chi connectivity index (χ0n) is 15.5. The van der Waals surface area contributed by atoms with Gasteiger partial charge in [0, 0.05) is 33.4 Å². The van der Waals surface area contributed by atoms with Crippen LogP contribution in [-0.4, -0.2) is 63.0 Å². The van der Waals surface area contributed by atoms with Crippen LogP contribution in [0.25, 0.3) is 0 Å². The maximum Gasteiger partial charge on any atom is 0.229 e. The Hall–Kier alpha value is -0.650. The molecule has 3 saturated carbocycles. The van der Waals surface area contributed by atoms with Gasteiger partial charge in [-0.15, -0.1) is 0 Å². The van der Waals surface area contributed by atoms with Gasteiger partial charge >= 0.3 is 0 Å². The molecule has 0 radical (unpaired) electrons. The van der Waals surface area contributed by atoms with E-state index in [0.717, 1.165) is 71.4 Å². The highest BCUT2D eigenvalue weighted by Gasteiger charge is 2.72. The smallest absolute Gasteiger partial charge is 0.229 e. The summed E-state index contributed by atoms with van der Waals surface area (Å²) < 4.78 is 16.6. The Morgan fingerprint density at radius 1 is 1.12 bits per heavy atom. The molecule has 0 N–H and O–H groups in total. The molecule has 3 aliphatic carbocycles. The van der Waals surface area contributed by atoms with Crippen LogP contribution >= 0.6 is 0 Å². The van der Waals surface area contributed by atoms with Crippen molar-refractivity contribution in [2.45, 2.75) is 64.6 Å². The lowest BCUT2D eigenvalue weighted by atomic mass is 9.35. The summed E-state index contributed by atoms with van der Waals surface area (Å²) in [5.74, 6) is 0.368. The van der Waals surface area contributed by atoms with Gasteiger partial charge in [0.05, 0.1) is 24.2 Å². The number of likely N-dealkylation sites (tertiary alicyclic amines) is 1. The summed E-state index contributed by atoms with van der Waals surface area (Å²) in [6.07, 6.45) is 6.98. The molecule has 1 heterocycles. The van der Waals surface area contributed by atoms with Crippen molar-refractivity contribution in [2.75, 3.05) is 40.0 Å². The van der Waals surface area contributed by atoms with Crippen molar-refractivity contribution in [3.05, 3.63) is 0 Å². The second kappa shape index (κ2) is 7.30. The number of ether oxygens (including phenoxy) is 3. The van der Waals surface area contributed by atoms with Gasteiger partial charge in [-0.05, 0) is 57.8 Å². The summed E-state index contributed by atoms with van der Waals surface area (Å²) in [4.78, 5) is 14.6. The van der Waals surface area contributed by atoms with E-state index >= 15 is 0 Å². The van der Waals surface area contributed by atoms with Gasteiger partial charge in [-0.1, -0.05) is 0 Å². The molecule has 24 heavy (non-hydrogen) atoms. The predicted molar refractivity (Wildman–Crippen MR) is 91.9 cm³/mol. The van der Waals surface area contributed by atoms with Crippen molar-refractivity contribution in [1.82, 2.24) is 4.90 Å². The first-order chi connectivity index (χ1) is 11.5. The highest BCUT2D eigenvalue weighted by Crippen LogP contribution is 2.74. The molecule has 2 bridgehead atoms. The Balaban J connectivity index is 1.27. The van der Waals surface area contributed by atoms with E-state index in [1.54, 1.807) is 7.11 Å². The Morgan fingerprint density at radius 3 is 2.42 bits per heavy atom. The summed E-state index contributed by atoms with van der Waals surface area (Å²) >= 11 is 0. The lowest BCUT2D eigenvalue weighted by Gasteiger charge is -2.70. The molecule has 4 aliphatic rings. The van der Waals surface area contributed by atoms with Crippen molar-refractivity contribution < 1.29 is 19.0 Å². The highest BCUT2D eigenvalue weighted by atomic mass is 16.5. The summed E-state index contributed by atoms with van der Waals surface area (Å²) in [7, 11) is 1.74. The first-order valence-corrected chi connectivity index (χ1v) is 9.50. The molecule has 0 aromatic carbocycles. The van der Waals surface area contributed by atoms with Gasteiger partial charge in [0.2, 0.25) is 5.91 Å². The van der Waals surface area contributed by atoms with Crippen molar-refractivity contribution >= 4 is 5.91 Å². The average Bonchev–Trinajstić information content (AvgIpc) is 2.41. The number of rotatable bonds is 11. The minimum absolute atomic E-state index is 0.0371. The number of unbranched alkanes of at least 4 members (excludes halogenated alkanes) is 2. The van der Waals surface area contributed by atoms with Gasteiger partial charge in [0.1, 0.15) is 0 Å². The van der Waals surface area contributed by atoms with E-state index in [2.05, 4.69) is 0 Å². The largest absolute Gasteiger partial charge is 0.385 e. The number of carbonyl (C=O) groups is 1. The molecule has 0 aromatic rings. The quantitative estimate of drug-likeness (QED) is 0.543. The summed E-state index contributed by atoms with van der Waals surface area (Å²) in [6, 6.07) is 0. The molecule has 0 spiro atoms. The van der Waals surface area contributed by atoms with Crippen LogP contribution in [-0.2, 0) is 19.0 Å². The van der Waals surface area contributed by atoms with Crippen molar-refractivity contribution in [2.24, 2.45) is 10.8 Å². The SMILES string of the molecule is COCCCCCOCC12CC(C(=O)N3CC(OC(C)C)C3)(C1)C2. The third-order valence-electron chi connectivity index (χ3n) is 5.74. The number of nitrogens with zero attached hydrogens (tertiary/aromatic N) is 1. The molecule has 0 unspecified atom stereocenters. The molecule has 1 saturated heterocycles. The van der Waals surface area contributed by atoms with Gasteiger partial charge in [-0.25, -0.2) is 0 Å². The first kappa shape index (κ1) is 18.2.